The van der Waals surface area contributed by atoms with E-state index in [2.05, 4.69) is 0 Å². The Hall–Kier alpha value is -3.58. The molecule has 3 heterocycles. The monoisotopic (exact) mass is 404 g/mol. The normalized spacial score (nSPS) is 23.2. The van der Waals surface area contributed by atoms with Gasteiger partial charge in [-0.3, -0.25) is 14.4 Å². The van der Waals surface area contributed by atoms with Gasteiger partial charge in [0.05, 0.1) is 24.2 Å². The molecule has 3 aromatic rings. The molecule has 3 atom stereocenters. The molecule has 5 rings (SSSR count). The third-order valence-corrected chi connectivity index (χ3v) is 5.37. The van der Waals surface area contributed by atoms with Gasteiger partial charge in [0.1, 0.15) is 23.5 Å². The second-order valence-electron chi connectivity index (χ2n) is 7.11. The standard InChI is InChI=1S/C23H20N2O5/c1-2-28-17-12-10-15(11-13-17)24-22(26)19-20(18-9-6-14-29-18)25(30-21(19)23(24)27)16-7-4-3-5-8-16/h3-14,19-21H,2H2,1H3/t19-,20-,21-/m1/s1. The maximum Gasteiger partial charge on any atom is 0.266 e. The van der Waals surface area contributed by atoms with Gasteiger partial charge < -0.3 is 9.15 Å². The van der Waals surface area contributed by atoms with Gasteiger partial charge in [0.15, 0.2) is 6.10 Å². The first-order chi connectivity index (χ1) is 14.7. The summed E-state index contributed by atoms with van der Waals surface area (Å²) in [4.78, 5) is 33.8. The lowest BCUT2D eigenvalue weighted by atomic mass is 9.94. The Morgan fingerprint density at radius 2 is 1.67 bits per heavy atom. The number of furan rings is 1. The molecule has 2 saturated heterocycles. The number of amides is 2. The molecular formula is C23H20N2O5. The van der Waals surface area contributed by atoms with Gasteiger partial charge in [-0.15, -0.1) is 0 Å². The molecule has 0 N–H and O–H groups in total. The molecule has 0 unspecified atom stereocenters. The van der Waals surface area contributed by atoms with Gasteiger partial charge in [-0.25, -0.2) is 9.96 Å². The maximum atomic E-state index is 13.4. The van der Waals surface area contributed by atoms with E-state index < -0.39 is 18.1 Å². The minimum absolute atomic E-state index is 0.311. The Morgan fingerprint density at radius 1 is 0.900 bits per heavy atom. The van der Waals surface area contributed by atoms with Gasteiger partial charge >= 0.3 is 0 Å². The van der Waals surface area contributed by atoms with Crippen LogP contribution in [0, 0.1) is 5.92 Å². The Labute approximate surface area is 173 Å². The topological polar surface area (TPSA) is 72.2 Å². The molecular weight excluding hydrogens is 384 g/mol. The number of benzene rings is 2. The second-order valence-corrected chi connectivity index (χ2v) is 7.11. The van der Waals surface area contributed by atoms with Crippen molar-refractivity contribution in [2.45, 2.75) is 19.1 Å². The SMILES string of the molecule is CCOc1ccc(N2C(=O)[C@@H]3[C@@H](c4ccco4)N(c4ccccc4)O[C@H]3C2=O)cc1. The highest BCUT2D eigenvalue weighted by Gasteiger charge is 2.61. The number of hydroxylamine groups is 1. The first-order valence-electron chi connectivity index (χ1n) is 9.84. The number of carbonyl (C=O) groups is 2. The Bertz CT molecular complexity index is 1050. The first kappa shape index (κ1) is 18.4. The Morgan fingerprint density at radius 3 is 2.33 bits per heavy atom. The van der Waals surface area contributed by atoms with Crippen molar-refractivity contribution in [1.82, 2.24) is 0 Å². The van der Waals surface area contributed by atoms with Crippen LogP contribution in [0.2, 0.25) is 0 Å². The van der Waals surface area contributed by atoms with Crippen LogP contribution in [0.1, 0.15) is 18.7 Å². The van der Waals surface area contributed by atoms with Crippen molar-refractivity contribution in [1.29, 1.82) is 0 Å². The summed E-state index contributed by atoms with van der Waals surface area (Å²) in [7, 11) is 0. The summed E-state index contributed by atoms with van der Waals surface area (Å²) < 4.78 is 11.1. The third-order valence-electron chi connectivity index (χ3n) is 5.37. The quantitative estimate of drug-likeness (QED) is 0.604. The number of nitrogens with zero attached hydrogens (tertiary/aromatic N) is 2. The fraction of sp³-hybridized carbons (Fsp3) is 0.217. The largest absolute Gasteiger partial charge is 0.494 e. The zero-order chi connectivity index (χ0) is 20.7. The fourth-order valence-corrected chi connectivity index (χ4v) is 4.07. The molecule has 7 heteroatoms. The number of fused-ring (bicyclic) bond motifs is 1. The zero-order valence-electron chi connectivity index (χ0n) is 16.3. The van der Waals surface area contributed by atoms with Gasteiger partial charge in [-0.2, -0.15) is 0 Å². The molecule has 2 amide bonds. The number of para-hydroxylation sites is 1. The molecule has 2 fully saturated rings. The highest BCUT2D eigenvalue weighted by atomic mass is 16.7. The lowest BCUT2D eigenvalue weighted by Crippen LogP contribution is -2.37. The van der Waals surface area contributed by atoms with Gasteiger partial charge in [-0.1, -0.05) is 18.2 Å². The molecule has 1 aromatic heterocycles. The lowest BCUT2D eigenvalue weighted by molar-refractivity contribution is -0.126. The molecule has 2 aliphatic heterocycles. The van der Waals surface area contributed by atoms with Crippen molar-refractivity contribution in [2.24, 2.45) is 5.92 Å². The predicted octanol–water partition coefficient (Wildman–Crippen LogP) is 3.73. The molecule has 30 heavy (non-hydrogen) atoms. The van der Waals surface area contributed by atoms with Gasteiger partial charge in [0.25, 0.3) is 5.91 Å². The summed E-state index contributed by atoms with van der Waals surface area (Å²) in [5, 5.41) is 1.61. The van der Waals surface area contributed by atoms with Crippen molar-refractivity contribution in [2.75, 3.05) is 16.6 Å². The highest BCUT2D eigenvalue weighted by Crippen LogP contribution is 2.47. The van der Waals surface area contributed by atoms with E-state index in [9.17, 15) is 9.59 Å². The van der Waals surface area contributed by atoms with Crippen LogP contribution >= 0.6 is 0 Å². The van der Waals surface area contributed by atoms with Crippen molar-refractivity contribution in [3.8, 4) is 5.75 Å². The Kier molecular flexibility index (Phi) is 4.52. The minimum atomic E-state index is -0.917. The predicted molar refractivity (Wildman–Crippen MR) is 109 cm³/mol. The molecule has 0 radical (unpaired) electrons. The number of anilines is 2. The highest BCUT2D eigenvalue weighted by molar-refractivity contribution is 6.23. The fourth-order valence-electron chi connectivity index (χ4n) is 4.07. The van der Waals surface area contributed by atoms with Crippen LogP contribution in [-0.4, -0.2) is 24.5 Å². The number of imide groups is 1. The van der Waals surface area contributed by atoms with E-state index in [0.717, 1.165) is 5.69 Å². The zero-order valence-corrected chi connectivity index (χ0v) is 16.3. The lowest BCUT2D eigenvalue weighted by Gasteiger charge is -2.27. The van der Waals surface area contributed by atoms with Crippen molar-refractivity contribution >= 4 is 23.2 Å². The summed E-state index contributed by atoms with van der Waals surface area (Å²) in [5.74, 6) is -0.157. The summed E-state index contributed by atoms with van der Waals surface area (Å²) in [6, 6.07) is 19.3. The van der Waals surface area contributed by atoms with Gasteiger partial charge in [0, 0.05) is 0 Å². The molecule has 7 nitrogen and oxygen atoms in total. The molecule has 2 aromatic carbocycles. The first-order valence-corrected chi connectivity index (χ1v) is 9.84. The summed E-state index contributed by atoms with van der Waals surface area (Å²) in [6.07, 6.45) is 0.636. The van der Waals surface area contributed by atoms with E-state index in [-0.39, 0.29) is 11.8 Å². The molecule has 2 aliphatic rings. The summed E-state index contributed by atoms with van der Waals surface area (Å²) in [6.45, 7) is 2.44. The van der Waals surface area contributed by atoms with Crippen LogP contribution in [0.15, 0.2) is 77.4 Å². The van der Waals surface area contributed by atoms with Crippen molar-refractivity contribution in [3.05, 3.63) is 78.8 Å². The summed E-state index contributed by atoms with van der Waals surface area (Å²) >= 11 is 0. The van der Waals surface area contributed by atoms with Crippen LogP contribution < -0.4 is 14.7 Å². The van der Waals surface area contributed by atoms with Crippen LogP contribution in [0.4, 0.5) is 11.4 Å². The molecule has 0 aliphatic carbocycles. The third kappa shape index (κ3) is 2.86. The second kappa shape index (κ2) is 7.35. The van der Waals surface area contributed by atoms with E-state index in [1.807, 2.05) is 37.3 Å². The number of hydrogen-bond acceptors (Lipinski definition) is 6. The average molecular weight is 404 g/mol. The molecule has 0 saturated carbocycles. The molecule has 0 spiro atoms. The summed E-state index contributed by atoms with van der Waals surface area (Å²) in [5.41, 5.74) is 1.25. The van der Waals surface area contributed by atoms with Crippen LogP contribution in [0.25, 0.3) is 0 Å². The number of carbonyl (C=O) groups excluding carboxylic acids is 2. The molecule has 152 valence electrons. The number of ether oxygens (including phenoxy) is 1. The Balaban J connectivity index is 1.51. The van der Waals surface area contributed by atoms with Crippen LogP contribution in [-0.2, 0) is 14.4 Å². The van der Waals surface area contributed by atoms with E-state index in [0.29, 0.717) is 23.8 Å². The smallest absolute Gasteiger partial charge is 0.266 e. The van der Waals surface area contributed by atoms with E-state index in [1.165, 1.54) is 4.90 Å². The maximum absolute atomic E-state index is 13.4. The number of hydrogen-bond donors (Lipinski definition) is 0. The molecule has 0 bridgehead atoms. The van der Waals surface area contributed by atoms with Crippen molar-refractivity contribution in [3.63, 3.8) is 0 Å². The number of rotatable bonds is 5. The van der Waals surface area contributed by atoms with Crippen molar-refractivity contribution < 1.29 is 23.6 Å². The van der Waals surface area contributed by atoms with Gasteiger partial charge in [0.2, 0.25) is 5.91 Å². The van der Waals surface area contributed by atoms with E-state index in [4.69, 9.17) is 14.0 Å². The average Bonchev–Trinajstić information content (AvgIpc) is 3.48. The van der Waals surface area contributed by atoms with E-state index >= 15 is 0 Å². The van der Waals surface area contributed by atoms with E-state index in [1.54, 1.807) is 47.7 Å². The van der Waals surface area contributed by atoms with Crippen LogP contribution in [0.5, 0.6) is 5.75 Å². The van der Waals surface area contributed by atoms with Crippen LogP contribution in [0.3, 0.4) is 0 Å². The van der Waals surface area contributed by atoms with Gasteiger partial charge in [-0.05, 0) is 55.5 Å². The minimum Gasteiger partial charge on any atom is -0.494 e.